The summed E-state index contributed by atoms with van der Waals surface area (Å²) in [6, 6.07) is 18.7. The van der Waals surface area contributed by atoms with Gasteiger partial charge in [0, 0.05) is 5.69 Å². The van der Waals surface area contributed by atoms with E-state index in [0.717, 1.165) is 34.1 Å². The monoisotopic (exact) mass is 492 g/mol. The number of para-hydroxylation sites is 1. The molecule has 2 amide bonds. The van der Waals surface area contributed by atoms with Crippen molar-refractivity contribution >= 4 is 57.6 Å². The van der Waals surface area contributed by atoms with Gasteiger partial charge < -0.3 is 10.1 Å². The Labute approximate surface area is 206 Å². The topological polar surface area (TPSA) is 58.6 Å². The third-order valence-corrected chi connectivity index (χ3v) is 6.53. The molecule has 0 aliphatic carbocycles. The molecule has 0 spiro atoms. The zero-order valence-corrected chi connectivity index (χ0v) is 20.1. The van der Waals surface area contributed by atoms with E-state index in [1.807, 2.05) is 32.0 Å². The van der Waals surface area contributed by atoms with Crippen LogP contribution in [0.4, 0.5) is 15.8 Å². The average molecular weight is 493 g/mol. The molecule has 1 aliphatic rings. The lowest BCUT2D eigenvalue weighted by molar-refractivity contribution is -0.118. The number of carbonyl (C=O) groups excluding carboxylic acids is 2. The number of thiocarbonyl (C=S) groups is 1. The quantitative estimate of drug-likeness (QED) is 0.345. The maximum absolute atomic E-state index is 14.1. The molecule has 1 aliphatic heterocycles. The predicted molar refractivity (Wildman–Crippen MR) is 139 cm³/mol. The van der Waals surface area contributed by atoms with Gasteiger partial charge in [-0.05, 0) is 73.0 Å². The minimum atomic E-state index is -0.511. The molecule has 4 rings (SSSR count). The molecule has 172 valence electrons. The molecule has 34 heavy (non-hydrogen) atoms. The summed E-state index contributed by atoms with van der Waals surface area (Å²) in [5.74, 6) is -0.623. The first kappa shape index (κ1) is 23.7. The number of carbonyl (C=O) groups is 2. The van der Waals surface area contributed by atoms with Crippen LogP contribution in [-0.4, -0.2) is 22.7 Å². The maximum atomic E-state index is 14.1. The van der Waals surface area contributed by atoms with Crippen LogP contribution in [0.2, 0.25) is 0 Å². The predicted octanol–water partition coefficient (Wildman–Crippen LogP) is 5.87. The van der Waals surface area contributed by atoms with Crippen molar-refractivity contribution in [2.75, 3.05) is 16.8 Å². The normalized spacial score (nSPS) is 14.6. The van der Waals surface area contributed by atoms with Gasteiger partial charge in [0.25, 0.3) is 11.8 Å². The molecule has 0 saturated carbocycles. The van der Waals surface area contributed by atoms with Crippen LogP contribution in [0.15, 0.2) is 71.6 Å². The van der Waals surface area contributed by atoms with Crippen molar-refractivity contribution in [1.29, 1.82) is 0 Å². The van der Waals surface area contributed by atoms with Crippen LogP contribution in [0.3, 0.4) is 0 Å². The number of nitrogens with one attached hydrogen (secondary N) is 1. The number of amides is 2. The summed E-state index contributed by atoms with van der Waals surface area (Å²) >= 11 is 6.41. The van der Waals surface area contributed by atoms with Crippen LogP contribution in [0.1, 0.15) is 16.7 Å². The van der Waals surface area contributed by atoms with Gasteiger partial charge in [0.05, 0.1) is 10.6 Å². The largest absolute Gasteiger partial charge is 0.484 e. The Morgan fingerprint density at radius 3 is 2.53 bits per heavy atom. The Balaban J connectivity index is 1.37. The minimum absolute atomic E-state index is 0.131. The van der Waals surface area contributed by atoms with E-state index in [-0.39, 0.29) is 28.4 Å². The third-order valence-electron chi connectivity index (χ3n) is 5.23. The number of thioether (sulfide) groups is 1. The summed E-state index contributed by atoms with van der Waals surface area (Å²) < 4.78 is 20.0. The van der Waals surface area contributed by atoms with E-state index in [4.69, 9.17) is 17.0 Å². The van der Waals surface area contributed by atoms with E-state index in [0.29, 0.717) is 10.7 Å². The Hall–Kier alpha value is -3.49. The summed E-state index contributed by atoms with van der Waals surface area (Å²) in [6.45, 7) is 3.87. The molecule has 1 saturated heterocycles. The van der Waals surface area contributed by atoms with Crippen molar-refractivity contribution in [1.82, 2.24) is 0 Å². The second-order valence-corrected chi connectivity index (χ2v) is 9.35. The summed E-state index contributed by atoms with van der Waals surface area (Å²) in [5, 5.41) is 2.81. The highest BCUT2D eigenvalue weighted by atomic mass is 32.2. The molecule has 5 nitrogen and oxygen atoms in total. The van der Waals surface area contributed by atoms with Crippen LogP contribution in [-0.2, 0) is 9.59 Å². The van der Waals surface area contributed by atoms with Crippen LogP contribution in [0, 0.1) is 19.7 Å². The smallest absolute Gasteiger partial charge is 0.270 e. The maximum Gasteiger partial charge on any atom is 0.270 e. The second kappa shape index (κ2) is 10.2. The van der Waals surface area contributed by atoms with Gasteiger partial charge in [0.2, 0.25) is 0 Å². The highest BCUT2D eigenvalue weighted by Gasteiger charge is 2.34. The average Bonchev–Trinajstić information content (AvgIpc) is 3.09. The van der Waals surface area contributed by atoms with Gasteiger partial charge in [-0.3, -0.25) is 14.5 Å². The van der Waals surface area contributed by atoms with E-state index >= 15 is 0 Å². The van der Waals surface area contributed by atoms with Gasteiger partial charge in [0.15, 0.2) is 10.9 Å². The molecule has 3 aromatic carbocycles. The molecule has 0 bridgehead atoms. The van der Waals surface area contributed by atoms with Gasteiger partial charge in [-0.1, -0.05) is 54.3 Å². The number of anilines is 2. The Kier molecular flexibility index (Phi) is 7.09. The van der Waals surface area contributed by atoms with Gasteiger partial charge in [-0.15, -0.1) is 0 Å². The molecular formula is C26H21FN2O3S2. The fraction of sp³-hybridized carbons (Fsp3) is 0.115. The Bertz CT molecular complexity index is 1310. The lowest BCUT2D eigenvalue weighted by Crippen LogP contribution is -2.28. The second-order valence-electron chi connectivity index (χ2n) is 7.67. The van der Waals surface area contributed by atoms with Gasteiger partial charge >= 0.3 is 0 Å². The fourth-order valence-electron chi connectivity index (χ4n) is 3.29. The van der Waals surface area contributed by atoms with E-state index in [2.05, 4.69) is 5.32 Å². The number of hydrogen-bond acceptors (Lipinski definition) is 5. The standard InChI is InChI=1S/C26H21FN2O3S2/c1-16-7-10-19(13-17(16)2)28-24(30)15-32-20-11-8-18(9-12-20)14-23-25(31)29(26(33)34-23)22-6-4-3-5-21(22)27/h3-14H,15H2,1-2H3,(H,28,30)/b23-14+. The van der Waals surface area contributed by atoms with Crippen molar-refractivity contribution in [2.45, 2.75) is 13.8 Å². The first-order valence-corrected chi connectivity index (χ1v) is 11.7. The van der Waals surface area contributed by atoms with Crippen molar-refractivity contribution < 1.29 is 18.7 Å². The molecule has 1 N–H and O–H groups in total. The fourth-order valence-corrected chi connectivity index (χ4v) is 4.57. The first-order chi connectivity index (χ1) is 16.3. The molecule has 0 aromatic heterocycles. The van der Waals surface area contributed by atoms with Gasteiger partial charge in [-0.2, -0.15) is 0 Å². The lowest BCUT2D eigenvalue weighted by atomic mass is 10.1. The number of benzene rings is 3. The van der Waals surface area contributed by atoms with Crippen LogP contribution in [0.25, 0.3) is 6.08 Å². The van der Waals surface area contributed by atoms with E-state index in [1.165, 1.54) is 17.0 Å². The zero-order valence-electron chi connectivity index (χ0n) is 18.5. The summed E-state index contributed by atoms with van der Waals surface area (Å²) in [6.07, 6.45) is 1.69. The molecular weight excluding hydrogens is 471 g/mol. The summed E-state index contributed by atoms with van der Waals surface area (Å²) in [4.78, 5) is 26.6. The highest BCUT2D eigenvalue weighted by Crippen LogP contribution is 2.37. The number of ether oxygens (including phenoxy) is 1. The number of halogens is 1. The molecule has 0 unspecified atom stereocenters. The van der Waals surface area contributed by atoms with E-state index < -0.39 is 5.82 Å². The van der Waals surface area contributed by atoms with Crippen molar-refractivity contribution in [3.63, 3.8) is 0 Å². The summed E-state index contributed by atoms with van der Waals surface area (Å²) in [7, 11) is 0. The first-order valence-electron chi connectivity index (χ1n) is 10.4. The third kappa shape index (κ3) is 5.35. The molecule has 3 aromatic rings. The zero-order chi connectivity index (χ0) is 24.2. The van der Waals surface area contributed by atoms with Gasteiger partial charge in [0.1, 0.15) is 11.6 Å². The molecule has 0 radical (unpaired) electrons. The number of rotatable bonds is 6. The summed E-state index contributed by atoms with van der Waals surface area (Å²) in [5.41, 5.74) is 3.86. The molecule has 0 atom stereocenters. The Morgan fingerprint density at radius 2 is 1.82 bits per heavy atom. The Morgan fingerprint density at radius 1 is 1.09 bits per heavy atom. The number of nitrogens with zero attached hydrogens (tertiary/aromatic N) is 1. The van der Waals surface area contributed by atoms with E-state index in [9.17, 15) is 14.0 Å². The minimum Gasteiger partial charge on any atom is -0.484 e. The number of aryl methyl sites for hydroxylation is 2. The van der Waals surface area contributed by atoms with Crippen LogP contribution in [0.5, 0.6) is 5.75 Å². The van der Waals surface area contributed by atoms with Crippen molar-refractivity contribution in [3.05, 3.63) is 94.1 Å². The lowest BCUT2D eigenvalue weighted by Gasteiger charge is -2.14. The SMILES string of the molecule is Cc1ccc(NC(=O)COc2ccc(/C=C3/SC(=S)N(c4ccccc4F)C3=O)cc2)cc1C. The van der Waals surface area contributed by atoms with E-state index in [1.54, 1.807) is 42.5 Å². The van der Waals surface area contributed by atoms with Gasteiger partial charge in [-0.25, -0.2) is 4.39 Å². The molecule has 8 heteroatoms. The molecule has 1 heterocycles. The highest BCUT2D eigenvalue weighted by molar-refractivity contribution is 8.27. The van der Waals surface area contributed by atoms with Crippen LogP contribution < -0.4 is 15.0 Å². The molecule has 1 fully saturated rings. The van der Waals surface area contributed by atoms with Crippen molar-refractivity contribution in [3.8, 4) is 5.75 Å². The number of hydrogen-bond donors (Lipinski definition) is 1. The van der Waals surface area contributed by atoms with Crippen molar-refractivity contribution in [2.24, 2.45) is 0 Å². The van der Waals surface area contributed by atoms with Crippen LogP contribution >= 0.6 is 24.0 Å².